The van der Waals surface area contributed by atoms with Crippen molar-refractivity contribution in [3.05, 3.63) is 58.5 Å². The molecule has 0 amide bonds. The van der Waals surface area contributed by atoms with E-state index in [1.54, 1.807) is 23.6 Å². The van der Waals surface area contributed by atoms with E-state index in [4.69, 9.17) is 11.6 Å². The number of halogens is 1. The molecule has 182 valence electrons. The van der Waals surface area contributed by atoms with Gasteiger partial charge in [-0.2, -0.15) is 0 Å². The largest absolute Gasteiger partial charge is 0.306 e. The van der Waals surface area contributed by atoms with Crippen LogP contribution in [0.5, 0.6) is 0 Å². The minimum absolute atomic E-state index is 0.380. The van der Waals surface area contributed by atoms with Gasteiger partial charge >= 0.3 is 0 Å². The van der Waals surface area contributed by atoms with Crippen molar-refractivity contribution in [1.29, 1.82) is 0 Å². The van der Waals surface area contributed by atoms with E-state index < -0.39 is 27.1 Å². The molecule has 1 aromatic carbocycles. The van der Waals surface area contributed by atoms with Crippen molar-refractivity contribution >= 4 is 33.5 Å². The molecule has 3 unspecified atom stereocenters. The molecule has 6 heteroatoms. The van der Waals surface area contributed by atoms with Crippen LogP contribution in [0.15, 0.2) is 47.9 Å². The highest BCUT2D eigenvalue weighted by Crippen LogP contribution is 2.15. The number of rotatable bonds is 19. The van der Waals surface area contributed by atoms with Crippen molar-refractivity contribution < 1.29 is 13.0 Å². The fraction of sp³-hybridized carbons (Fsp3) is 0.615. The molecule has 0 aliphatic heterocycles. The zero-order valence-electron chi connectivity index (χ0n) is 19.6. The Morgan fingerprint density at radius 1 is 0.875 bits per heavy atom. The van der Waals surface area contributed by atoms with Gasteiger partial charge in [0.25, 0.3) is 0 Å². The average molecular weight is 501 g/mol. The van der Waals surface area contributed by atoms with Crippen LogP contribution in [0.2, 0.25) is 5.02 Å². The lowest BCUT2D eigenvalue weighted by atomic mass is 10.1. The maximum Gasteiger partial charge on any atom is 0.159 e. The van der Waals surface area contributed by atoms with Crippen molar-refractivity contribution in [2.75, 3.05) is 0 Å². The zero-order chi connectivity index (χ0) is 23.4. The fourth-order valence-electron chi connectivity index (χ4n) is 3.47. The van der Waals surface area contributed by atoms with Crippen LogP contribution in [-0.4, -0.2) is 18.2 Å². The Labute approximate surface area is 205 Å². The molecule has 0 radical (unpaired) electrons. The molecule has 1 N–H and O–H groups in total. The quantitative estimate of drug-likeness (QED) is 0.118. The molecule has 1 aromatic rings. The van der Waals surface area contributed by atoms with Crippen molar-refractivity contribution in [2.24, 2.45) is 0 Å². The summed E-state index contributed by atoms with van der Waals surface area (Å²) in [4.78, 5) is 0. The molecule has 0 spiro atoms. The molecule has 0 aromatic heterocycles. The number of hydrogen-bond acceptors (Lipinski definition) is 2. The van der Waals surface area contributed by atoms with Gasteiger partial charge in [0, 0.05) is 21.2 Å². The Morgan fingerprint density at radius 3 is 2.03 bits per heavy atom. The molecule has 0 saturated heterocycles. The molecule has 0 aliphatic rings. The van der Waals surface area contributed by atoms with Gasteiger partial charge in [0.15, 0.2) is 11.1 Å². The standard InChI is InChI=1S/C26H41ClO3S2/c1-2-3-4-5-6-7-8-9-10-11-12-13-14-15-16-26(32(29)30)21-22-31(28)23-24-17-19-25(27)20-18-24/h9-10,17-22,26H,2-8,11-16,23H2,1H3,(H,29,30). The molecule has 0 aliphatic carbocycles. The van der Waals surface area contributed by atoms with Gasteiger partial charge in [-0.05, 0) is 49.8 Å². The summed E-state index contributed by atoms with van der Waals surface area (Å²) in [7, 11) is -1.21. The molecule has 0 fully saturated rings. The van der Waals surface area contributed by atoms with Crippen LogP contribution in [0.4, 0.5) is 0 Å². The second kappa shape index (κ2) is 19.7. The summed E-state index contributed by atoms with van der Waals surface area (Å²) >= 11 is 3.93. The van der Waals surface area contributed by atoms with E-state index in [0.29, 0.717) is 17.2 Å². The summed E-state index contributed by atoms with van der Waals surface area (Å²) in [5.41, 5.74) is 0.931. The van der Waals surface area contributed by atoms with Gasteiger partial charge in [0.05, 0.1) is 11.0 Å². The molecule has 3 nitrogen and oxygen atoms in total. The number of benzene rings is 1. The first-order valence-electron chi connectivity index (χ1n) is 12.1. The van der Waals surface area contributed by atoms with Crippen LogP contribution in [-0.2, 0) is 27.6 Å². The Hall–Kier alpha value is -0.750. The van der Waals surface area contributed by atoms with Gasteiger partial charge in [-0.1, -0.05) is 100 Å². The highest BCUT2D eigenvalue weighted by molar-refractivity contribution is 7.87. The minimum Gasteiger partial charge on any atom is -0.306 e. The number of hydrogen-bond donors (Lipinski definition) is 1. The Balaban J connectivity index is 2.12. The summed E-state index contributed by atoms with van der Waals surface area (Å²) in [6.07, 6.45) is 21.6. The van der Waals surface area contributed by atoms with Gasteiger partial charge in [0.1, 0.15) is 0 Å². The summed E-state index contributed by atoms with van der Waals surface area (Å²) in [6, 6.07) is 7.24. The molecule has 0 heterocycles. The van der Waals surface area contributed by atoms with E-state index >= 15 is 0 Å². The molecule has 3 atom stereocenters. The lowest BCUT2D eigenvalue weighted by Gasteiger charge is -2.08. The first-order valence-corrected chi connectivity index (χ1v) is 15.0. The van der Waals surface area contributed by atoms with E-state index in [1.807, 2.05) is 12.1 Å². The lowest BCUT2D eigenvalue weighted by molar-refractivity contribution is 0.543. The number of unbranched alkanes of at least 4 members (excludes halogenated alkanes) is 10. The fourth-order valence-corrected chi connectivity index (χ4v) is 5.26. The van der Waals surface area contributed by atoms with Gasteiger partial charge in [-0.3, -0.25) is 4.21 Å². The van der Waals surface area contributed by atoms with Crippen LogP contribution < -0.4 is 0 Å². The van der Waals surface area contributed by atoms with Crippen molar-refractivity contribution in [2.45, 2.75) is 101 Å². The van der Waals surface area contributed by atoms with E-state index in [9.17, 15) is 13.0 Å². The van der Waals surface area contributed by atoms with Gasteiger partial charge in [-0.15, -0.1) is 0 Å². The van der Waals surface area contributed by atoms with Gasteiger partial charge in [-0.25, -0.2) is 4.21 Å². The van der Waals surface area contributed by atoms with Gasteiger partial charge in [0.2, 0.25) is 0 Å². The Morgan fingerprint density at radius 2 is 1.44 bits per heavy atom. The van der Waals surface area contributed by atoms with Crippen molar-refractivity contribution in [1.82, 2.24) is 0 Å². The monoisotopic (exact) mass is 500 g/mol. The van der Waals surface area contributed by atoms with Crippen LogP contribution in [0.25, 0.3) is 0 Å². The van der Waals surface area contributed by atoms with E-state index in [-0.39, 0.29) is 0 Å². The van der Waals surface area contributed by atoms with Gasteiger partial charge < -0.3 is 4.55 Å². The molecule has 0 bridgehead atoms. The molecule has 0 saturated carbocycles. The molecule has 32 heavy (non-hydrogen) atoms. The summed E-state index contributed by atoms with van der Waals surface area (Å²) in [6.45, 7) is 2.25. The molecule has 1 rings (SSSR count). The van der Waals surface area contributed by atoms with Crippen molar-refractivity contribution in [3.63, 3.8) is 0 Å². The lowest BCUT2D eigenvalue weighted by Crippen LogP contribution is -2.11. The second-order valence-electron chi connectivity index (χ2n) is 8.31. The maximum atomic E-state index is 12.2. The first kappa shape index (κ1) is 29.3. The normalized spacial score (nSPS) is 14.8. The van der Waals surface area contributed by atoms with E-state index in [1.165, 1.54) is 51.4 Å². The predicted octanol–water partition coefficient (Wildman–Crippen LogP) is 8.34. The van der Waals surface area contributed by atoms with Crippen LogP contribution in [0.1, 0.15) is 96.0 Å². The second-order valence-corrected chi connectivity index (χ2v) is 11.2. The number of allylic oxidation sites excluding steroid dienone is 2. The predicted molar refractivity (Wildman–Crippen MR) is 142 cm³/mol. The first-order chi connectivity index (χ1) is 15.5. The summed E-state index contributed by atoms with van der Waals surface area (Å²) in [5.74, 6) is 0.380. The molecular formula is C26H41ClO3S2. The van der Waals surface area contributed by atoms with Crippen LogP contribution >= 0.6 is 11.6 Å². The zero-order valence-corrected chi connectivity index (χ0v) is 21.9. The van der Waals surface area contributed by atoms with Crippen molar-refractivity contribution in [3.8, 4) is 0 Å². The van der Waals surface area contributed by atoms with E-state index in [0.717, 1.165) is 31.2 Å². The highest BCUT2D eigenvalue weighted by atomic mass is 35.5. The smallest absolute Gasteiger partial charge is 0.159 e. The summed E-state index contributed by atoms with van der Waals surface area (Å²) in [5, 5.41) is 1.75. The third-order valence-corrected chi connectivity index (χ3v) is 7.67. The Bertz CT molecular complexity index is 702. The third-order valence-electron chi connectivity index (χ3n) is 5.43. The van der Waals surface area contributed by atoms with Crippen LogP contribution in [0, 0.1) is 0 Å². The SMILES string of the molecule is CCCCCCCCC=CCCCCCCC(C=CS(=O)Cc1ccc(Cl)cc1)S(=O)O. The summed E-state index contributed by atoms with van der Waals surface area (Å²) < 4.78 is 33.4. The van der Waals surface area contributed by atoms with E-state index in [2.05, 4.69) is 19.1 Å². The maximum absolute atomic E-state index is 12.2. The topological polar surface area (TPSA) is 54.4 Å². The molecular weight excluding hydrogens is 460 g/mol. The minimum atomic E-state index is -1.94. The average Bonchev–Trinajstić information content (AvgIpc) is 2.77. The van der Waals surface area contributed by atoms with Crippen LogP contribution in [0.3, 0.4) is 0 Å². The third kappa shape index (κ3) is 16.0. The Kier molecular flexibility index (Phi) is 18.0. The highest BCUT2D eigenvalue weighted by Gasteiger charge is 2.11.